The number of ether oxygens (including phenoxy) is 2. The Hall–Kier alpha value is 0.110. The number of unbranched alkanes of at least 4 members (excludes halogenated alkanes) is 1. The van der Waals surface area contributed by atoms with Crippen molar-refractivity contribution in [2.75, 3.05) is 33.0 Å². The van der Waals surface area contributed by atoms with Crippen LogP contribution in [0.15, 0.2) is 0 Å². The van der Waals surface area contributed by atoms with Crippen LogP contribution in [0.4, 0.5) is 0 Å². The van der Waals surface area contributed by atoms with Crippen molar-refractivity contribution in [2.24, 2.45) is 5.92 Å². The zero-order valence-corrected chi connectivity index (χ0v) is 12.6. The molecule has 0 amide bonds. The molecule has 0 rings (SSSR count). The van der Waals surface area contributed by atoms with Gasteiger partial charge in [0.05, 0.1) is 26.4 Å². The van der Waals surface area contributed by atoms with Crippen molar-refractivity contribution in [3.63, 3.8) is 0 Å². The molecule has 0 aromatic rings. The van der Waals surface area contributed by atoms with Crippen LogP contribution in [0, 0.1) is 5.92 Å². The summed E-state index contributed by atoms with van der Waals surface area (Å²) in [5, 5.41) is 12.5. The molecule has 116 valence electrons. The first-order valence-corrected chi connectivity index (χ1v) is 7.42. The molecule has 1 unspecified atom stereocenters. The molecule has 1 atom stereocenters. The minimum Gasteiger partial charge on any atom is -0.691 e. The van der Waals surface area contributed by atoms with Crippen molar-refractivity contribution in [1.82, 2.24) is 0 Å². The van der Waals surface area contributed by atoms with Crippen LogP contribution in [0.3, 0.4) is 0 Å². The first-order chi connectivity index (χ1) is 9.35. The van der Waals surface area contributed by atoms with Crippen LogP contribution in [0.5, 0.6) is 0 Å². The average Bonchev–Trinajstić information content (AvgIpc) is 2.44. The van der Waals surface area contributed by atoms with Crippen LogP contribution >= 0.6 is 12.3 Å². The first kappa shape index (κ1) is 19.1. The van der Waals surface area contributed by atoms with E-state index in [-0.39, 0.29) is 0 Å². The van der Waals surface area contributed by atoms with E-state index in [1.165, 1.54) is 19.3 Å². The minimum absolute atomic E-state index is 0.322. The number of hydrogen-bond donors (Lipinski definition) is 0. The van der Waals surface area contributed by atoms with E-state index in [1.807, 2.05) is 0 Å². The van der Waals surface area contributed by atoms with Gasteiger partial charge in [-0.2, -0.15) is 0 Å². The normalized spacial score (nSPS) is 12.8. The van der Waals surface area contributed by atoms with Crippen LogP contribution in [0.25, 0.3) is 0 Å². The van der Waals surface area contributed by atoms with Crippen LogP contribution in [0.1, 0.15) is 39.5 Å². The number of rotatable bonds is 15. The fraction of sp³-hybridized carbons (Fsp3) is 1.00. The monoisotopic (exact) mass is 297 g/mol. The fourth-order valence-electron chi connectivity index (χ4n) is 1.53. The van der Waals surface area contributed by atoms with Gasteiger partial charge in [-0.05, 0) is 12.3 Å². The van der Waals surface area contributed by atoms with E-state index >= 15 is 0 Å². The summed E-state index contributed by atoms with van der Waals surface area (Å²) < 4.78 is 19.5. The minimum atomic E-state index is 0.322. The van der Waals surface area contributed by atoms with Crippen molar-refractivity contribution in [3.8, 4) is 0 Å². The van der Waals surface area contributed by atoms with E-state index in [0.29, 0.717) is 44.7 Å². The molecule has 0 aromatic heterocycles. The second-order valence-corrected chi connectivity index (χ2v) is 4.64. The summed E-state index contributed by atoms with van der Waals surface area (Å²) in [6.45, 7) is 7.08. The van der Waals surface area contributed by atoms with Crippen LogP contribution in [-0.2, 0) is 23.0 Å². The third-order valence-corrected chi connectivity index (χ3v) is 3.06. The summed E-state index contributed by atoms with van der Waals surface area (Å²) in [5.74, 6) is 0.656. The predicted octanol–water partition coefficient (Wildman–Crippen LogP) is 2.04. The summed E-state index contributed by atoms with van der Waals surface area (Å²) in [6.07, 6.45) is 4.90. The lowest BCUT2D eigenvalue weighted by Gasteiger charge is -2.14. The maximum absolute atomic E-state index is 9.41. The van der Waals surface area contributed by atoms with Crippen molar-refractivity contribution < 1.29 is 28.3 Å². The second-order valence-electron chi connectivity index (χ2n) is 4.13. The Kier molecular flexibility index (Phi) is 16.3. The molecule has 0 fully saturated rings. The smallest absolute Gasteiger partial charge is 0.193 e. The van der Waals surface area contributed by atoms with Crippen LogP contribution in [0.2, 0.25) is 0 Å². The third-order valence-electron chi connectivity index (χ3n) is 2.68. The molecule has 7 heteroatoms. The molecule has 0 spiro atoms. The Labute approximate surface area is 120 Å². The molecule has 0 aliphatic rings. The first-order valence-electron chi connectivity index (χ1n) is 6.75. The Morgan fingerprint density at radius 1 is 1.05 bits per heavy atom. The van der Waals surface area contributed by atoms with Gasteiger partial charge >= 0.3 is 0 Å². The van der Waals surface area contributed by atoms with Gasteiger partial charge in [-0.3, -0.25) is 9.22 Å². The van der Waals surface area contributed by atoms with Gasteiger partial charge in [-0.1, -0.05) is 33.1 Å². The van der Waals surface area contributed by atoms with Crippen LogP contribution < -0.4 is 5.26 Å². The van der Waals surface area contributed by atoms with Gasteiger partial charge in [0.15, 0.2) is 12.3 Å². The third kappa shape index (κ3) is 14.3. The molecule has 0 saturated heterocycles. The quantitative estimate of drug-likeness (QED) is 0.198. The highest BCUT2D eigenvalue weighted by molar-refractivity contribution is 7.89. The lowest BCUT2D eigenvalue weighted by molar-refractivity contribution is -0.777. The van der Waals surface area contributed by atoms with Crippen molar-refractivity contribution in [1.29, 1.82) is 0 Å². The molecule has 0 saturated carbocycles. The van der Waals surface area contributed by atoms with E-state index in [0.717, 1.165) is 13.0 Å². The van der Waals surface area contributed by atoms with Crippen molar-refractivity contribution >= 4 is 12.3 Å². The van der Waals surface area contributed by atoms with Crippen molar-refractivity contribution in [2.45, 2.75) is 39.5 Å². The highest BCUT2D eigenvalue weighted by Gasteiger charge is 2.05. The fourth-order valence-corrected chi connectivity index (χ4v) is 1.72. The van der Waals surface area contributed by atoms with Gasteiger partial charge in [0.1, 0.15) is 0 Å². The lowest BCUT2D eigenvalue weighted by Crippen LogP contribution is -2.13. The summed E-state index contributed by atoms with van der Waals surface area (Å²) >= 11 is 0.490. The van der Waals surface area contributed by atoms with E-state index in [4.69, 9.17) is 13.7 Å². The van der Waals surface area contributed by atoms with Crippen LogP contribution in [-0.4, -0.2) is 33.0 Å². The molecule has 0 aliphatic carbocycles. The van der Waals surface area contributed by atoms with Crippen molar-refractivity contribution in [3.05, 3.63) is 0 Å². The van der Waals surface area contributed by atoms with E-state index in [1.54, 1.807) is 0 Å². The largest absolute Gasteiger partial charge is 0.691 e. The molecule has 0 aromatic carbocycles. The molecular weight excluding hydrogens is 272 g/mol. The SMILES string of the molecule is CCCCC(CC)COCCOCCOSOO[O-]. The average molecular weight is 297 g/mol. The van der Waals surface area contributed by atoms with Gasteiger partial charge in [0.2, 0.25) is 0 Å². The molecular formula is C12H25O6S-. The second kappa shape index (κ2) is 16.2. The Morgan fingerprint density at radius 3 is 2.47 bits per heavy atom. The van der Waals surface area contributed by atoms with Gasteiger partial charge in [0, 0.05) is 6.61 Å². The molecule has 6 nitrogen and oxygen atoms in total. The van der Waals surface area contributed by atoms with Gasteiger partial charge in [-0.25, -0.2) is 0 Å². The van der Waals surface area contributed by atoms with E-state index < -0.39 is 0 Å². The summed E-state index contributed by atoms with van der Waals surface area (Å²) in [7, 11) is 0. The zero-order valence-electron chi connectivity index (χ0n) is 11.8. The molecule has 19 heavy (non-hydrogen) atoms. The Bertz CT molecular complexity index is 172. The highest BCUT2D eigenvalue weighted by Crippen LogP contribution is 2.12. The lowest BCUT2D eigenvalue weighted by atomic mass is 10.0. The standard InChI is InChI=1S/C12H26O6S/c1-3-5-6-12(4-2)11-15-8-7-14-9-10-16-19-18-17-13/h12-13H,3-11H2,1-2H3/p-1. The van der Waals surface area contributed by atoms with E-state index in [2.05, 4.69) is 23.2 Å². The topological polar surface area (TPSA) is 69.2 Å². The molecule has 0 heterocycles. The van der Waals surface area contributed by atoms with Gasteiger partial charge in [0.25, 0.3) is 0 Å². The van der Waals surface area contributed by atoms with E-state index in [9.17, 15) is 5.26 Å². The summed E-state index contributed by atoms with van der Waals surface area (Å²) in [4.78, 5) is 0. The Morgan fingerprint density at radius 2 is 1.79 bits per heavy atom. The predicted molar refractivity (Wildman–Crippen MR) is 70.7 cm³/mol. The molecule has 0 radical (unpaired) electrons. The Balaban J connectivity index is 3.16. The number of hydrogen-bond acceptors (Lipinski definition) is 7. The van der Waals surface area contributed by atoms with Gasteiger partial charge in [-0.15, -0.1) is 4.33 Å². The molecule has 0 N–H and O–H groups in total. The molecule has 0 aliphatic heterocycles. The summed E-state index contributed by atoms with van der Waals surface area (Å²) in [6, 6.07) is 0. The van der Waals surface area contributed by atoms with Gasteiger partial charge < -0.3 is 14.7 Å². The summed E-state index contributed by atoms with van der Waals surface area (Å²) in [5.41, 5.74) is 0. The highest BCUT2D eigenvalue weighted by atomic mass is 32.2. The maximum atomic E-state index is 9.41. The molecule has 0 bridgehead atoms. The maximum Gasteiger partial charge on any atom is 0.193 e. The zero-order chi connectivity index (χ0) is 14.2.